The van der Waals surface area contributed by atoms with Crippen LogP contribution in [0.5, 0.6) is 0 Å². The van der Waals surface area contributed by atoms with Gasteiger partial charge in [0.25, 0.3) is 5.91 Å². The molecule has 7 heteroatoms. The molecule has 202 valence electrons. The van der Waals surface area contributed by atoms with E-state index in [1.807, 2.05) is 0 Å². The topological polar surface area (TPSA) is 52.7 Å². The number of halogens is 1. The predicted molar refractivity (Wildman–Crippen MR) is 152 cm³/mol. The fourth-order valence-electron chi connectivity index (χ4n) is 6.02. The molecule has 1 N–H and O–H groups in total. The number of hydrogen-bond acceptors (Lipinski definition) is 4. The number of likely N-dealkylation sites (tertiary alicyclic amines) is 1. The molecule has 5 nitrogen and oxygen atoms in total. The molecule has 2 aliphatic heterocycles. The Bertz CT molecular complexity index is 1130. The molecule has 2 saturated heterocycles. The Kier molecular flexibility index (Phi) is 9.18. The molecule has 0 radical (unpaired) electrons. The smallest absolute Gasteiger partial charge is 0.261 e. The Labute approximate surface area is 229 Å². The van der Waals surface area contributed by atoms with Crippen LogP contribution in [0.15, 0.2) is 59.5 Å². The van der Waals surface area contributed by atoms with Crippen LogP contribution in [-0.2, 0) is 16.0 Å². The summed E-state index contributed by atoms with van der Waals surface area (Å²) >= 11 is 1.56. The first kappa shape index (κ1) is 26.9. The minimum absolute atomic E-state index is 0.0633. The number of thioether (sulfide) groups is 1. The summed E-state index contributed by atoms with van der Waals surface area (Å²) in [6.45, 7) is 3.60. The Morgan fingerprint density at radius 3 is 2.53 bits per heavy atom. The second-order valence-corrected chi connectivity index (χ2v) is 12.1. The normalized spacial score (nSPS) is 23.9. The van der Waals surface area contributed by atoms with Crippen LogP contribution < -0.4 is 5.32 Å². The van der Waals surface area contributed by atoms with Gasteiger partial charge in [0.15, 0.2) is 0 Å². The summed E-state index contributed by atoms with van der Waals surface area (Å²) in [5.74, 6) is 0.115. The van der Waals surface area contributed by atoms with Gasteiger partial charge in [-0.3, -0.25) is 9.59 Å². The zero-order valence-corrected chi connectivity index (χ0v) is 22.8. The number of amides is 2. The summed E-state index contributed by atoms with van der Waals surface area (Å²) in [5.41, 5.74) is 1.82. The predicted octanol–water partition coefficient (Wildman–Crippen LogP) is 5.12. The van der Waals surface area contributed by atoms with Crippen LogP contribution in [-0.4, -0.2) is 65.6 Å². The highest BCUT2D eigenvalue weighted by atomic mass is 32.2. The molecule has 3 fully saturated rings. The molecule has 2 atom stereocenters. The van der Waals surface area contributed by atoms with Crippen LogP contribution in [0.4, 0.5) is 4.39 Å². The van der Waals surface area contributed by atoms with Crippen molar-refractivity contribution < 1.29 is 14.0 Å². The van der Waals surface area contributed by atoms with Crippen molar-refractivity contribution in [3.63, 3.8) is 0 Å². The van der Waals surface area contributed by atoms with Gasteiger partial charge in [-0.15, -0.1) is 11.8 Å². The van der Waals surface area contributed by atoms with Gasteiger partial charge in [-0.1, -0.05) is 61.4 Å². The highest BCUT2D eigenvalue weighted by molar-refractivity contribution is 8.04. The highest BCUT2D eigenvalue weighted by Gasteiger charge is 2.41. The summed E-state index contributed by atoms with van der Waals surface area (Å²) in [7, 11) is 0. The van der Waals surface area contributed by atoms with E-state index in [1.54, 1.807) is 40.9 Å². The minimum atomic E-state index is -0.340. The number of benzene rings is 2. The lowest BCUT2D eigenvalue weighted by Crippen LogP contribution is -2.54. The number of nitrogens with one attached hydrogen (secondary N) is 1. The van der Waals surface area contributed by atoms with Crippen LogP contribution in [0, 0.1) is 11.7 Å². The molecule has 2 aromatic carbocycles. The zero-order chi connectivity index (χ0) is 26.3. The lowest BCUT2D eigenvalue weighted by molar-refractivity contribution is -0.135. The molecular formula is C31H38FN3O2S. The quantitative estimate of drug-likeness (QED) is 0.477. The van der Waals surface area contributed by atoms with Gasteiger partial charge in [0.1, 0.15) is 12.4 Å². The lowest BCUT2D eigenvalue weighted by atomic mass is 9.90. The van der Waals surface area contributed by atoms with E-state index in [0.29, 0.717) is 17.0 Å². The van der Waals surface area contributed by atoms with Gasteiger partial charge in [-0.25, -0.2) is 4.39 Å². The van der Waals surface area contributed by atoms with Gasteiger partial charge in [0.05, 0.1) is 4.91 Å². The molecule has 1 aliphatic carbocycles. The van der Waals surface area contributed by atoms with E-state index in [1.165, 1.54) is 24.5 Å². The average Bonchev–Trinajstić information content (AvgIpc) is 2.94. The molecule has 2 heterocycles. The molecule has 38 heavy (non-hydrogen) atoms. The summed E-state index contributed by atoms with van der Waals surface area (Å²) in [6.07, 6.45) is 9.28. The van der Waals surface area contributed by atoms with E-state index in [2.05, 4.69) is 40.5 Å². The van der Waals surface area contributed by atoms with E-state index in [-0.39, 0.29) is 35.5 Å². The Balaban J connectivity index is 1.12. The van der Waals surface area contributed by atoms with Crippen molar-refractivity contribution in [1.82, 2.24) is 15.1 Å². The van der Waals surface area contributed by atoms with Crippen molar-refractivity contribution in [3.05, 3.63) is 76.4 Å². The van der Waals surface area contributed by atoms with Gasteiger partial charge in [0, 0.05) is 29.9 Å². The number of carbonyl (C=O) groups is 2. The molecule has 0 spiro atoms. The third-order valence-electron chi connectivity index (χ3n) is 8.15. The van der Waals surface area contributed by atoms with Crippen LogP contribution in [0.2, 0.25) is 0 Å². The third kappa shape index (κ3) is 6.86. The van der Waals surface area contributed by atoms with Crippen LogP contribution in [0.25, 0.3) is 6.08 Å². The Morgan fingerprint density at radius 1 is 1.00 bits per heavy atom. The van der Waals surface area contributed by atoms with E-state index in [4.69, 9.17) is 0 Å². The second kappa shape index (κ2) is 12.9. The number of nitrogens with zero attached hydrogens (tertiary/aromatic N) is 2. The van der Waals surface area contributed by atoms with Crippen LogP contribution >= 0.6 is 11.8 Å². The number of piperidine rings is 1. The molecule has 2 amide bonds. The Morgan fingerprint density at radius 2 is 1.74 bits per heavy atom. The van der Waals surface area contributed by atoms with Crippen LogP contribution in [0.1, 0.15) is 49.7 Å². The van der Waals surface area contributed by atoms with Gasteiger partial charge in [-0.05, 0) is 68.8 Å². The van der Waals surface area contributed by atoms with Gasteiger partial charge >= 0.3 is 0 Å². The van der Waals surface area contributed by atoms with Gasteiger partial charge < -0.3 is 15.1 Å². The van der Waals surface area contributed by atoms with E-state index < -0.39 is 0 Å². The zero-order valence-electron chi connectivity index (χ0n) is 22.0. The molecule has 2 aromatic rings. The summed E-state index contributed by atoms with van der Waals surface area (Å²) in [6, 6.07) is 17.3. The van der Waals surface area contributed by atoms with E-state index in [9.17, 15) is 14.0 Å². The maximum atomic E-state index is 14.3. The van der Waals surface area contributed by atoms with Crippen molar-refractivity contribution in [1.29, 1.82) is 0 Å². The summed E-state index contributed by atoms with van der Waals surface area (Å²) in [5, 5.41) is 3.31. The van der Waals surface area contributed by atoms with Gasteiger partial charge in [-0.2, -0.15) is 0 Å². The fourth-order valence-corrected chi connectivity index (χ4v) is 7.48. The van der Waals surface area contributed by atoms with Crippen molar-refractivity contribution in [3.8, 4) is 0 Å². The summed E-state index contributed by atoms with van der Waals surface area (Å²) in [4.78, 5) is 31.1. The minimum Gasteiger partial charge on any atom is -0.353 e. The van der Waals surface area contributed by atoms with Crippen molar-refractivity contribution >= 4 is 29.7 Å². The van der Waals surface area contributed by atoms with Gasteiger partial charge in [0.2, 0.25) is 5.91 Å². The van der Waals surface area contributed by atoms with Crippen molar-refractivity contribution in [2.24, 2.45) is 5.92 Å². The first-order valence-corrected chi connectivity index (χ1v) is 14.9. The molecule has 2 unspecified atom stereocenters. The van der Waals surface area contributed by atoms with Crippen LogP contribution in [0.3, 0.4) is 0 Å². The first-order chi connectivity index (χ1) is 18.6. The SMILES string of the molecule is O=C(CN1C(=O)/C(=C/c2ccccc2F)SC2CCCCC21)NCCN1CCC(Cc2ccccc2)CC1. The van der Waals surface area contributed by atoms with E-state index in [0.717, 1.165) is 57.7 Å². The second-order valence-electron chi connectivity index (χ2n) is 10.8. The lowest BCUT2D eigenvalue weighted by Gasteiger charge is -2.43. The van der Waals surface area contributed by atoms with Crippen molar-refractivity contribution in [2.75, 3.05) is 32.7 Å². The molecule has 0 aromatic heterocycles. The third-order valence-corrected chi connectivity index (χ3v) is 9.55. The number of hydrogen-bond donors (Lipinski definition) is 1. The Hall–Kier alpha value is -2.64. The monoisotopic (exact) mass is 535 g/mol. The number of carbonyl (C=O) groups excluding carboxylic acids is 2. The maximum Gasteiger partial charge on any atom is 0.261 e. The molecule has 1 saturated carbocycles. The number of rotatable bonds is 8. The maximum absolute atomic E-state index is 14.3. The van der Waals surface area contributed by atoms with Crippen molar-refractivity contribution in [2.45, 2.75) is 56.2 Å². The largest absolute Gasteiger partial charge is 0.353 e. The fraction of sp³-hybridized carbons (Fsp3) is 0.484. The molecule has 5 rings (SSSR count). The first-order valence-electron chi connectivity index (χ1n) is 14.0. The molecule has 3 aliphatic rings. The summed E-state index contributed by atoms with van der Waals surface area (Å²) < 4.78 is 14.3. The molecular weight excluding hydrogens is 497 g/mol. The highest BCUT2D eigenvalue weighted by Crippen LogP contribution is 2.42. The standard InChI is InChI=1S/C31H38FN3O2S/c32-26-11-5-4-10-25(26)21-29-31(37)35(27-12-6-7-13-28(27)38-29)22-30(36)33-16-19-34-17-14-24(15-18-34)20-23-8-2-1-3-9-23/h1-5,8-11,21,24,27-28H,6-7,12-20,22H2,(H,33,36)/b29-21-. The molecule has 0 bridgehead atoms. The van der Waals surface area contributed by atoms with E-state index >= 15 is 0 Å². The average molecular weight is 536 g/mol. The number of fused-ring (bicyclic) bond motifs is 1.